The number of rotatable bonds is 5. The molecular weight excluding hydrogens is 402 g/mol. The van der Waals surface area contributed by atoms with Crippen molar-refractivity contribution < 1.29 is 14.4 Å². The Labute approximate surface area is 169 Å². The smallest absolute Gasteiger partial charge is 0.263 e. The van der Waals surface area contributed by atoms with Gasteiger partial charge in [0.15, 0.2) is 0 Å². The maximum absolute atomic E-state index is 12.3. The number of fused-ring (bicyclic) bond motifs is 1. The monoisotopic (exact) mass is 419 g/mol. The predicted molar refractivity (Wildman–Crippen MR) is 107 cm³/mol. The molecule has 0 saturated carbocycles. The second-order valence-electron chi connectivity index (χ2n) is 6.11. The Kier molecular flexibility index (Phi) is 5.96. The zero-order chi connectivity index (χ0) is 20.3. The minimum atomic E-state index is -0.563. The summed E-state index contributed by atoms with van der Waals surface area (Å²) in [5, 5.41) is 7.81. The molecule has 8 nitrogen and oxygen atoms in total. The van der Waals surface area contributed by atoms with E-state index in [2.05, 4.69) is 21.3 Å². The highest BCUT2D eigenvalue weighted by molar-refractivity contribution is 7.21. The van der Waals surface area contributed by atoms with Crippen LogP contribution in [-0.4, -0.2) is 34.0 Å². The zero-order valence-electron chi connectivity index (χ0n) is 15.2. The molecule has 0 bridgehead atoms. The van der Waals surface area contributed by atoms with Crippen molar-refractivity contribution in [1.29, 1.82) is 0 Å². The highest BCUT2D eigenvalue weighted by atomic mass is 35.5. The molecule has 0 saturated heterocycles. The van der Waals surface area contributed by atoms with Gasteiger partial charge in [-0.3, -0.25) is 29.9 Å². The summed E-state index contributed by atoms with van der Waals surface area (Å²) >= 11 is 7.50. The Bertz CT molecular complexity index is 1060. The molecule has 1 aromatic carbocycles. The molecule has 3 amide bonds. The van der Waals surface area contributed by atoms with Crippen LogP contribution in [0.3, 0.4) is 0 Å². The third-order valence-corrected chi connectivity index (χ3v) is 5.56. The lowest BCUT2D eigenvalue weighted by atomic mass is 10.2. The van der Waals surface area contributed by atoms with E-state index in [0.29, 0.717) is 9.90 Å². The number of carbonyl (C=O) groups excluding carboxylic acids is 3. The van der Waals surface area contributed by atoms with E-state index in [9.17, 15) is 14.4 Å². The fourth-order valence-corrected chi connectivity index (χ4v) is 4.03. The van der Waals surface area contributed by atoms with Crippen molar-refractivity contribution in [3.05, 3.63) is 51.6 Å². The SMILES string of the molecule is Cc1cc(C)n(CC(=O)NNC(=O)CNC(=O)c2sc3ccccc3c2Cl)n1. The van der Waals surface area contributed by atoms with E-state index < -0.39 is 17.7 Å². The van der Waals surface area contributed by atoms with Crippen LogP contribution in [-0.2, 0) is 16.1 Å². The Morgan fingerprint density at radius 2 is 1.86 bits per heavy atom. The number of carbonyl (C=O) groups is 3. The van der Waals surface area contributed by atoms with E-state index in [0.717, 1.165) is 21.5 Å². The number of aryl methyl sites for hydroxylation is 2. The van der Waals surface area contributed by atoms with Crippen molar-refractivity contribution in [2.45, 2.75) is 20.4 Å². The molecule has 0 spiro atoms. The second kappa shape index (κ2) is 8.41. The summed E-state index contributed by atoms with van der Waals surface area (Å²) < 4.78 is 2.42. The molecule has 0 atom stereocenters. The van der Waals surface area contributed by atoms with Gasteiger partial charge in [0.05, 0.1) is 17.3 Å². The van der Waals surface area contributed by atoms with E-state index in [1.165, 1.54) is 16.0 Å². The van der Waals surface area contributed by atoms with Gasteiger partial charge in [0.25, 0.3) is 17.7 Å². The Balaban J connectivity index is 1.48. The maximum atomic E-state index is 12.3. The highest BCUT2D eigenvalue weighted by Gasteiger charge is 2.17. The molecule has 0 aliphatic heterocycles. The van der Waals surface area contributed by atoms with Crippen molar-refractivity contribution in [1.82, 2.24) is 25.9 Å². The Morgan fingerprint density at radius 1 is 1.14 bits per heavy atom. The van der Waals surface area contributed by atoms with E-state index in [-0.39, 0.29) is 13.1 Å². The highest BCUT2D eigenvalue weighted by Crippen LogP contribution is 2.34. The Hall–Kier alpha value is -2.91. The minimum Gasteiger partial charge on any atom is -0.342 e. The van der Waals surface area contributed by atoms with Gasteiger partial charge in [-0.1, -0.05) is 29.8 Å². The molecule has 28 heavy (non-hydrogen) atoms. The predicted octanol–water partition coefficient (Wildman–Crippen LogP) is 1.95. The van der Waals surface area contributed by atoms with E-state index in [4.69, 9.17) is 11.6 Å². The zero-order valence-corrected chi connectivity index (χ0v) is 16.8. The fourth-order valence-electron chi connectivity index (χ4n) is 2.60. The first-order valence-electron chi connectivity index (χ1n) is 8.39. The third kappa shape index (κ3) is 4.49. The van der Waals surface area contributed by atoms with Crippen LogP contribution in [0, 0.1) is 13.8 Å². The Morgan fingerprint density at radius 3 is 2.54 bits per heavy atom. The van der Waals surface area contributed by atoms with Crippen LogP contribution in [0.15, 0.2) is 30.3 Å². The summed E-state index contributed by atoms with van der Waals surface area (Å²) in [6.07, 6.45) is 0. The topological polar surface area (TPSA) is 105 Å². The number of hydrazine groups is 1. The van der Waals surface area contributed by atoms with Gasteiger partial charge in [0, 0.05) is 15.8 Å². The maximum Gasteiger partial charge on any atom is 0.263 e. The van der Waals surface area contributed by atoms with Crippen LogP contribution in [0.5, 0.6) is 0 Å². The van der Waals surface area contributed by atoms with Crippen molar-refractivity contribution in [2.24, 2.45) is 0 Å². The van der Waals surface area contributed by atoms with Crippen LogP contribution in [0.25, 0.3) is 10.1 Å². The first-order chi connectivity index (χ1) is 13.3. The standard InChI is InChI=1S/C18H18ClN5O3S/c1-10-7-11(2)24(23-10)9-15(26)22-21-14(25)8-20-18(27)17-16(19)12-5-3-4-6-13(12)28-17/h3-7H,8-9H2,1-2H3,(H,20,27)(H,21,25)(H,22,26). The number of thiophene rings is 1. The lowest BCUT2D eigenvalue weighted by Crippen LogP contribution is -2.47. The van der Waals surface area contributed by atoms with Crippen molar-refractivity contribution in [3.8, 4) is 0 Å². The van der Waals surface area contributed by atoms with Crippen LogP contribution in [0.1, 0.15) is 21.1 Å². The van der Waals surface area contributed by atoms with Gasteiger partial charge in [0.1, 0.15) is 11.4 Å². The third-order valence-electron chi connectivity index (χ3n) is 3.89. The van der Waals surface area contributed by atoms with Crippen LogP contribution >= 0.6 is 22.9 Å². The quantitative estimate of drug-likeness (QED) is 0.549. The molecule has 0 unspecified atom stereocenters. The lowest BCUT2D eigenvalue weighted by molar-refractivity contribution is -0.128. The summed E-state index contributed by atoms with van der Waals surface area (Å²) in [6, 6.07) is 9.24. The summed E-state index contributed by atoms with van der Waals surface area (Å²) in [4.78, 5) is 36.4. The van der Waals surface area contributed by atoms with Gasteiger partial charge in [-0.25, -0.2) is 0 Å². The van der Waals surface area contributed by atoms with Crippen LogP contribution in [0.4, 0.5) is 0 Å². The summed E-state index contributed by atoms with van der Waals surface area (Å²) in [5.74, 6) is -1.44. The van der Waals surface area contributed by atoms with Crippen molar-refractivity contribution >= 4 is 50.7 Å². The van der Waals surface area contributed by atoms with Gasteiger partial charge < -0.3 is 5.32 Å². The van der Waals surface area contributed by atoms with Crippen LogP contribution in [0.2, 0.25) is 5.02 Å². The molecule has 10 heteroatoms. The van der Waals surface area contributed by atoms with Crippen LogP contribution < -0.4 is 16.2 Å². The number of aromatic nitrogens is 2. The number of amides is 3. The van der Waals surface area contributed by atoms with Gasteiger partial charge >= 0.3 is 0 Å². The van der Waals surface area contributed by atoms with E-state index in [1.807, 2.05) is 44.2 Å². The summed E-state index contributed by atoms with van der Waals surface area (Å²) in [5.41, 5.74) is 6.18. The average molecular weight is 420 g/mol. The summed E-state index contributed by atoms with van der Waals surface area (Å²) in [7, 11) is 0. The molecule has 0 aliphatic carbocycles. The number of hydrogen-bond donors (Lipinski definition) is 3. The van der Waals surface area contributed by atoms with Gasteiger partial charge in [-0.05, 0) is 26.0 Å². The molecule has 2 aromatic heterocycles. The van der Waals surface area contributed by atoms with E-state index >= 15 is 0 Å². The fraction of sp³-hybridized carbons (Fsp3) is 0.222. The molecule has 3 rings (SSSR count). The molecule has 0 aliphatic rings. The average Bonchev–Trinajstić information content (AvgIpc) is 3.17. The molecule has 0 radical (unpaired) electrons. The minimum absolute atomic E-state index is 0.0241. The second-order valence-corrected chi connectivity index (χ2v) is 7.54. The molecular formula is C18H18ClN5O3S. The lowest BCUT2D eigenvalue weighted by Gasteiger charge is -2.09. The molecule has 3 N–H and O–H groups in total. The number of nitrogens with zero attached hydrogens (tertiary/aromatic N) is 2. The van der Waals surface area contributed by atoms with Gasteiger partial charge in [-0.2, -0.15) is 5.10 Å². The van der Waals surface area contributed by atoms with Gasteiger partial charge in [0.2, 0.25) is 0 Å². The summed E-state index contributed by atoms with van der Waals surface area (Å²) in [6.45, 7) is 3.34. The molecule has 3 aromatic rings. The molecule has 2 heterocycles. The normalized spacial score (nSPS) is 10.7. The first-order valence-corrected chi connectivity index (χ1v) is 9.58. The number of halogens is 1. The first kappa shape index (κ1) is 19.8. The van der Waals surface area contributed by atoms with Gasteiger partial charge in [-0.15, -0.1) is 11.3 Å². The van der Waals surface area contributed by atoms with E-state index in [1.54, 1.807) is 0 Å². The number of hydrogen-bond acceptors (Lipinski definition) is 5. The number of nitrogens with one attached hydrogen (secondary N) is 3. The largest absolute Gasteiger partial charge is 0.342 e. The van der Waals surface area contributed by atoms with Crippen molar-refractivity contribution in [2.75, 3.05) is 6.54 Å². The molecule has 0 fully saturated rings. The molecule has 146 valence electrons. The van der Waals surface area contributed by atoms with Crippen molar-refractivity contribution in [3.63, 3.8) is 0 Å². The number of benzene rings is 1.